The summed E-state index contributed by atoms with van der Waals surface area (Å²) in [4.78, 5) is 1.83. The highest BCUT2D eigenvalue weighted by molar-refractivity contribution is 5.67. The van der Waals surface area contributed by atoms with Crippen LogP contribution in [-0.2, 0) is 6.42 Å². The summed E-state index contributed by atoms with van der Waals surface area (Å²) in [5, 5.41) is 0. The largest absolute Gasteiger partial charge is 0.339 e. The Morgan fingerprint density at radius 2 is 1.75 bits per heavy atom. The van der Waals surface area contributed by atoms with Gasteiger partial charge in [0.05, 0.1) is 5.69 Å². The molecule has 0 aliphatic heterocycles. The summed E-state index contributed by atoms with van der Waals surface area (Å²) in [7, 11) is 0. The first-order valence-corrected chi connectivity index (χ1v) is 6.68. The van der Waals surface area contributed by atoms with Gasteiger partial charge in [0, 0.05) is 12.2 Å². The molecule has 0 heterocycles. The van der Waals surface area contributed by atoms with Gasteiger partial charge in [0.1, 0.15) is 11.6 Å². The van der Waals surface area contributed by atoms with E-state index in [2.05, 4.69) is 0 Å². The van der Waals surface area contributed by atoms with Crippen LogP contribution in [0.3, 0.4) is 0 Å². The van der Waals surface area contributed by atoms with Gasteiger partial charge < -0.3 is 10.6 Å². The Hall–Kier alpha value is -1.94. The van der Waals surface area contributed by atoms with Gasteiger partial charge in [-0.1, -0.05) is 12.1 Å². The number of hydrogen-bond donors (Lipinski definition) is 1. The topological polar surface area (TPSA) is 29.3 Å². The Morgan fingerprint density at radius 1 is 1.05 bits per heavy atom. The summed E-state index contributed by atoms with van der Waals surface area (Å²) in [6.45, 7) is 2.98. The lowest BCUT2D eigenvalue weighted by Crippen LogP contribution is -2.20. The number of nitrogens with two attached hydrogens (primary N) is 1. The molecule has 0 radical (unpaired) electrons. The minimum atomic E-state index is -0.305. The maximum Gasteiger partial charge on any atom is 0.147 e. The van der Waals surface area contributed by atoms with Gasteiger partial charge in [-0.3, -0.25) is 0 Å². The van der Waals surface area contributed by atoms with Crippen molar-refractivity contribution in [1.82, 2.24) is 0 Å². The molecule has 0 fully saturated rings. The maximum atomic E-state index is 14.2. The minimum absolute atomic E-state index is 0.290. The fraction of sp³-hybridized carbons (Fsp3) is 0.250. The van der Waals surface area contributed by atoms with E-state index in [9.17, 15) is 8.78 Å². The van der Waals surface area contributed by atoms with E-state index in [0.29, 0.717) is 25.2 Å². The number of halogens is 2. The van der Waals surface area contributed by atoms with Gasteiger partial charge in [-0.2, -0.15) is 0 Å². The Labute approximate surface area is 117 Å². The number of hydrogen-bond acceptors (Lipinski definition) is 2. The Kier molecular flexibility index (Phi) is 4.69. The monoisotopic (exact) mass is 276 g/mol. The summed E-state index contributed by atoms with van der Waals surface area (Å²) in [6, 6.07) is 11.0. The SMILES string of the molecule is CCN(c1ccc(F)cc1)c1c(F)cccc1CCN. The molecule has 2 N–H and O–H groups in total. The summed E-state index contributed by atoms with van der Waals surface area (Å²) < 4.78 is 27.2. The van der Waals surface area contributed by atoms with Crippen LogP contribution in [0.25, 0.3) is 0 Å². The molecule has 20 heavy (non-hydrogen) atoms. The van der Waals surface area contributed by atoms with Crippen LogP contribution in [0.2, 0.25) is 0 Å². The molecular weight excluding hydrogens is 258 g/mol. The summed E-state index contributed by atoms with van der Waals surface area (Å²) in [6.07, 6.45) is 0.602. The predicted octanol–water partition coefficient (Wildman–Crippen LogP) is 3.62. The molecule has 0 unspecified atom stereocenters. The lowest BCUT2D eigenvalue weighted by molar-refractivity contribution is 0.622. The number of benzene rings is 2. The molecule has 2 aromatic carbocycles. The van der Waals surface area contributed by atoms with Crippen LogP contribution < -0.4 is 10.6 Å². The normalized spacial score (nSPS) is 10.6. The van der Waals surface area contributed by atoms with Crippen LogP contribution in [-0.4, -0.2) is 13.1 Å². The number of para-hydroxylation sites is 1. The third-order valence-corrected chi connectivity index (χ3v) is 3.21. The highest BCUT2D eigenvalue weighted by Gasteiger charge is 2.16. The van der Waals surface area contributed by atoms with Crippen molar-refractivity contribution in [3.8, 4) is 0 Å². The van der Waals surface area contributed by atoms with Gasteiger partial charge in [0.2, 0.25) is 0 Å². The van der Waals surface area contributed by atoms with E-state index in [1.807, 2.05) is 17.9 Å². The third kappa shape index (κ3) is 2.96. The molecule has 0 amide bonds. The molecule has 2 aromatic rings. The first-order valence-electron chi connectivity index (χ1n) is 6.68. The minimum Gasteiger partial charge on any atom is -0.339 e. The second-order valence-electron chi connectivity index (χ2n) is 4.51. The number of rotatable bonds is 5. The van der Waals surface area contributed by atoms with Crippen molar-refractivity contribution < 1.29 is 8.78 Å². The van der Waals surface area contributed by atoms with Crippen molar-refractivity contribution in [2.24, 2.45) is 5.73 Å². The zero-order valence-electron chi connectivity index (χ0n) is 11.4. The van der Waals surface area contributed by atoms with Crippen molar-refractivity contribution in [2.45, 2.75) is 13.3 Å². The molecule has 0 saturated heterocycles. The van der Waals surface area contributed by atoms with Gasteiger partial charge in [0.25, 0.3) is 0 Å². The predicted molar refractivity (Wildman–Crippen MR) is 78.2 cm³/mol. The lowest BCUT2D eigenvalue weighted by Gasteiger charge is -2.26. The summed E-state index contributed by atoms with van der Waals surface area (Å²) in [5.74, 6) is -0.595. The molecule has 0 aliphatic carbocycles. The van der Waals surface area contributed by atoms with Gasteiger partial charge in [-0.15, -0.1) is 0 Å². The summed E-state index contributed by atoms with van der Waals surface area (Å²) >= 11 is 0. The Morgan fingerprint density at radius 3 is 2.35 bits per heavy atom. The highest BCUT2D eigenvalue weighted by Crippen LogP contribution is 2.31. The van der Waals surface area contributed by atoms with E-state index >= 15 is 0 Å². The zero-order valence-corrected chi connectivity index (χ0v) is 11.4. The van der Waals surface area contributed by atoms with Crippen molar-refractivity contribution in [2.75, 3.05) is 18.0 Å². The van der Waals surface area contributed by atoms with E-state index < -0.39 is 0 Å². The first-order chi connectivity index (χ1) is 9.67. The Balaban J connectivity index is 2.48. The first kappa shape index (κ1) is 14.5. The third-order valence-electron chi connectivity index (χ3n) is 3.21. The second-order valence-corrected chi connectivity index (χ2v) is 4.51. The fourth-order valence-electron chi connectivity index (χ4n) is 2.31. The lowest BCUT2D eigenvalue weighted by atomic mass is 10.1. The molecule has 0 atom stereocenters. The van der Waals surface area contributed by atoms with Gasteiger partial charge in [0.15, 0.2) is 0 Å². The molecule has 0 aliphatic rings. The van der Waals surface area contributed by atoms with Gasteiger partial charge in [-0.05, 0) is 55.8 Å². The van der Waals surface area contributed by atoms with E-state index in [4.69, 9.17) is 5.73 Å². The quantitative estimate of drug-likeness (QED) is 0.903. The van der Waals surface area contributed by atoms with Crippen LogP contribution >= 0.6 is 0 Å². The molecule has 0 spiro atoms. The van der Waals surface area contributed by atoms with Gasteiger partial charge >= 0.3 is 0 Å². The molecule has 2 rings (SSSR count). The molecule has 0 bridgehead atoms. The molecule has 106 valence electrons. The maximum absolute atomic E-state index is 14.2. The second kappa shape index (κ2) is 6.48. The van der Waals surface area contributed by atoms with E-state index in [1.165, 1.54) is 18.2 Å². The molecular formula is C16H18F2N2. The Bertz CT molecular complexity index is 567. The molecule has 4 heteroatoms. The standard InChI is InChI=1S/C16H18F2N2/c1-2-20(14-8-6-13(17)7-9-14)16-12(10-11-19)4-3-5-15(16)18/h3-9H,2,10-11,19H2,1H3. The fourth-order valence-corrected chi connectivity index (χ4v) is 2.31. The van der Waals surface area contributed by atoms with Crippen molar-refractivity contribution >= 4 is 11.4 Å². The van der Waals surface area contributed by atoms with E-state index in [0.717, 1.165) is 11.3 Å². The number of nitrogens with zero attached hydrogens (tertiary/aromatic N) is 1. The van der Waals surface area contributed by atoms with Gasteiger partial charge in [-0.25, -0.2) is 8.78 Å². The highest BCUT2D eigenvalue weighted by atomic mass is 19.1. The van der Waals surface area contributed by atoms with Crippen LogP contribution in [0.5, 0.6) is 0 Å². The van der Waals surface area contributed by atoms with E-state index in [1.54, 1.807) is 18.2 Å². The summed E-state index contributed by atoms with van der Waals surface area (Å²) in [5.41, 5.74) is 7.73. The molecule has 0 aromatic heterocycles. The average Bonchev–Trinajstić information content (AvgIpc) is 2.44. The van der Waals surface area contributed by atoms with Crippen molar-refractivity contribution in [3.05, 3.63) is 59.7 Å². The molecule has 2 nitrogen and oxygen atoms in total. The van der Waals surface area contributed by atoms with Crippen LogP contribution in [0.1, 0.15) is 12.5 Å². The smallest absolute Gasteiger partial charge is 0.147 e. The van der Waals surface area contributed by atoms with Crippen molar-refractivity contribution in [1.29, 1.82) is 0 Å². The van der Waals surface area contributed by atoms with E-state index in [-0.39, 0.29) is 11.6 Å². The van der Waals surface area contributed by atoms with Crippen molar-refractivity contribution in [3.63, 3.8) is 0 Å². The van der Waals surface area contributed by atoms with Crippen LogP contribution in [0.4, 0.5) is 20.2 Å². The van der Waals surface area contributed by atoms with Crippen LogP contribution in [0.15, 0.2) is 42.5 Å². The van der Waals surface area contributed by atoms with Crippen LogP contribution in [0, 0.1) is 11.6 Å². The zero-order chi connectivity index (χ0) is 14.5. The average molecular weight is 276 g/mol. The number of anilines is 2. The molecule has 0 saturated carbocycles.